The largest absolute Gasteiger partial charge is 0.477 e. The number of carboxylic acids is 1. The number of hydrogen-bond donors (Lipinski definition) is 1. The fourth-order valence-electron chi connectivity index (χ4n) is 3.68. The number of rotatable bonds is 4. The van der Waals surface area contributed by atoms with Gasteiger partial charge in [-0.3, -0.25) is 13.9 Å². The Kier molecular flexibility index (Phi) is 5.19. The molecule has 0 radical (unpaired) electrons. The Balaban J connectivity index is 1.92. The van der Waals surface area contributed by atoms with Gasteiger partial charge in [0.2, 0.25) is 0 Å². The molecule has 4 rings (SSSR count). The second-order valence-electron chi connectivity index (χ2n) is 7.51. The first-order valence-corrected chi connectivity index (χ1v) is 9.66. The maximum Gasteiger partial charge on any atom is 0.416 e. The predicted octanol–water partition coefficient (Wildman–Crippen LogP) is 2.96. The first-order valence-electron chi connectivity index (χ1n) is 9.66. The number of benzene rings is 2. The molecule has 170 valence electrons. The number of alkyl halides is 3. The van der Waals surface area contributed by atoms with Crippen molar-refractivity contribution in [3.8, 4) is 5.69 Å². The fourth-order valence-corrected chi connectivity index (χ4v) is 3.68. The van der Waals surface area contributed by atoms with Crippen LogP contribution in [0.5, 0.6) is 0 Å². The van der Waals surface area contributed by atoms with Crippen LogP contribution < -0.4 is 11.2 Å². The molecule has 0 amide bonds. The minimum absolute atomic E-state index is 0.0679. The average Bonchev–Trinajstić information content (AvgIpc) is 3.11. The van der Waals surface area contributed by atoms with Crippen molar-refractivity contribution in [1.82, 2.24) is 18.7 Å². The van der Waals surface area contributed by atoms with Crippen LogP contribution in [0.2, 0.25) is 0 Å². The second-order valence-corrected chi connectivity index (χ2v) is 7.51. The third kappa shape index (κ3) is 3.81. The number of imidazole rings is 1. The van der Waals surface area contributed by atoms with Gasteiger partial charge in [0.15, 0.2) is 0 Å². The van der Waals surface area contributed by atoms with Crippen LogP contribution in [0.15, 0.2) is 58.5 Å². The highest BCUT2D eigenvalue weighted by molar-refractivity contribution is 5.87. The van der Waals surface area contributed by atoms with E-state index in [9.17, 15) is 32.7 Å². The van der Waals surface area contributed by atoms with Gasteiger partial charge in [-0.05, 0) is 42.3 Å². The number of aromatic nitrogens is 4. The number of carboxylic acid groups (broad SMARTS) is 1. The molecule has 8 nitrogen and oxygen atoms in total. The maximum absolute atomic E-state index is 13.3. The molecule has 0 fully saturated rings. The van der Waals surface area contributed by atoms with E-state index in [1.807, 2.05) is 0 Å². The number of aromatic carboxylic acids is 1. The van der Waals surface area contributed by atoms with Gasteiger partial charge in [-0.1, -0.05) is 12.1 Å². The van der Waals surface area contributed by atoms with Crippen LogP contribution in [0.25, 0.3) is 16.7 Å². The minimum Gasteiger partial charge on any atom is -0.477 e. The zero-order valence-electron chi connectivity index (χ0n) is 17.4. The Morgan fingerprint density at radius 2 is 1.88 bits per heavy atom. The third-order valence-electron chi connectivity index (χ3n) is 5.47. The van der Waals surface area contributed by atoms with Crippen LogP contribution >= 0.6 is 0 Å². The Hall–Kier alpha value is -4.15. The number of nitrogens with zero attached hydrogens (tertiary/aromatic N) is 4. The van der Waals surface area contributed by atoms with Gasteiger partial charge in [0.1, 0.15) is 5.56 Å². The van der Waals surface area contributed by atoms with Crippen molar-refractivity contribution in [2.24, 2.45) is 7.05 Å². The molecule has 0 unspecified atom stereocenters. The number of fused-ring (bicyclic) bond motifs is 1. The second kappa shape index (κ2) is 7.76. The number of halogens is 3. The molecule has 2 heterocycles. The van der Waals surface area contributed by atoms with Gasteiger partial charge in [-0.25, -0.2) is 14.6 Å². The van der Waals surface area contributed by atoms with E-state index >= 15 is 0 Å². The van der Waals surface area contributed by atoms with E-state index in [1.165, 1.54) is 19.1 Å². The topological polar surface area (TPSA) is 99.1 Å². The zero-order valence-corrected chi connectivity index (χ0v) is 17.4. The molecule has 0 aliphatic rings. The van der Waals surface area contributed by atoms with Crippen molar-refractivity contribution in [2.45, 2.75) is 19.6 Å². The first-order chi connectivity index (χ1) is 15.5. The summed E-state index contributed by atoms with van der Waals surface area (Å²) in [5.41, 5.74) is -2.14. The lowest BCUT2D eigenvalue weighted by Gasteiger charge is -2.16. The van der Waals surface area contributed by atoms with E-state index in [1.54, 1.807) is 36.1 Å². The molecule has 0 saturated heterocycles. The molecule has 33 heavy (non-hydrogen) atoms. The molecule has 11 heteroatoms. The molecule has 2 aromatic carbocycles. The molecule has 0 bridgehead atoms. The van der Waals surface area contributed by atoms with E-state index in [2.05, 4.69) is 4.98 Å². The lowest BCUT2D eigenvalue weighted by atomic mass is 10.0. The smallest absolute Gasteiger partial charge is 0.416 e. The van der Waals surface area contributed by atoms with E-state index < -0.39 is 41.1 Å². The molecular weight excluding hydrogens is 441 g/mol. The van der Waals surface area contributed by atoms with E-state index in [4.69, 9.17) is 0 Å². The number of aryl methyl sites for hydroxylation is 1. The minimum atomic E-state index is -4.62. The number of carbonyl (C=O) groups is 1. The van der Waals surface area contributed by atoms with E-state index in [-0.39, 0.29) is 16.8 Å². The Labute approximate surface area is 183 Å². The predicted molar refractivity (Wildman–Crippen MR) is 113 cm³/mol. The first kappa shape index (κ1) is 22.1. The van der Waals surface area contributed by atoms with Crippen molar-refractivity contribution in [2.75, 3.05) is 0 Å². The number of hydrogen-bond acceptors (Lipinski definition) is 4. The highest BCUT2D eigenvalue weighted by Crippen LogP contribution is 2.33. The summed E-state index contributed by atoms with van der Waals surface area (Å²) in [5, 5.41) is 9.51. The average molecular weight is 458 g/mol. The highest BCUT2D eigenvalue weighted by Gasteiger charge is 2.33. The van der Waals surface area contributed by atoms with Gasteiger partial charge < -0.3 is 9.67 Å². The zero-order chi connectivity index (χ0) is 24.1. The quantitative estimate of drug-likeness (QED) is 0.507. The third-order valence-corrected chi connectivity index (χ3v) is 5.47. The maximum atomic E-state index is 13.3. The standard InChI is InChI=1S/C22H17F3N4O4/c1-12-13(4-3-5-16(12)22(23,24)25)9-29-19(30)15(20(31)32)10-28(21(29)33)14-6-7-18-17(8-14)26-11-27(18)2/h3-8,10-11H,9H2,1-2H3,(H,31,32). The molecule has 4 aromatic rings. The van der Waals surface area contributed by atoms with Crippen LogP contribution in [0.1, 0.15) is 27.0 Å². The van der Waals surface area contributed by atoms with Crippen molar-refractivity contribution in [3.63, 3.8) is 0 Å². The van der Waals surface area contributed by atoms with Crippen molar-refractivity contribution in [1.29, 1.82) is 0 Å². The summed E-state index contributed by atoms with van der Waals surface area (Å²) in [5.74, 6) is -1.57. The van der Waals surface area contributed by atoms with Gasteiger partial charge in [0.25, 0.3) is 5.56 Å². The molecule has 0 saturated carbocycles. The molecule has 0 spiro atoms. The molecular formula is C22H17F3N4O4. The van der Waals surface area contributed by atoms with Crippen molar-refractivity contribution >= 4 is 17.0 Å². The lowest BCUT2D eigenvalue weighted by Crippen LogP contribution is -2.42. The molecule has 0 aliphatic carbocycles. The van der Waals surface area contributed by atoms with Gasteiger partial charge in [0, 0.05) is 13.2 Å². The van der Waals surface area contributed by atoms with Crippen molar-refractivity contribution in [3.05, 3.63) is 92.0 Å². The summed E-state index contributed by atoms with van der Waals surface area (Å²) in [6, 6.07) is 8.21. The Bertz CT molecular complexity index is 1530. The van der Waals surface area contributed by atoms with Gasteiger partial charge in [-0.2, -0.15) is 13.2 Å². The van der Waals surface area contributed by atoms with Crippen LogP contribution in [-0.4, -0.2) is 29.8 Å². The SMILES string of the molecule is Cc1c(Cn2c(=O)c(C(=O)O)cn(-c3ccc4c(c3)ncn4C)c2=O)cccc1C(F)(F)F. The van der Waals surface area contributed by atoms with Crippen LogP contribution in [0.4, 0.5) is 13.2 Å². The lowest BCUT2D eigenvalue weighted by molar-refractivity contribution is -0.138. The summed E-state index contributed by atoms with van der Waals surface area (Å²) in [7, 11) is 1.78. The van der Waals surface area contributed by atoms with Crippen molar-refractivity contribution < 1.29 is 23.1 Å². The Morgan fingerprint density at radius 3 is 2.55 bits per heavy atom. The highest BCUT2D eigenvalue weighted by atomic mass is 19.4. The van der Waals surface area contributed by atoms with Gasteiger partial charge >= 0.3 is 17.8 Å². The molecule has 0 atom stereocenters. The summed E-state index contributed by atoms with van der Waals surface area (Å²) in [6.07, 6.45) is -2.14. The van der Waals surface area contributed by atoms with Crippen LogP contribution in [0, 0.1) is 6.92 Å². The fraction of sp³-hybridized carbons (Fsp3) is 0.182. The summed E-state index contributed by atoms with van der Waals surface area (Å²) >= 11 is 0. The van der Waals surface area contributed by atoms with Gasteiger partial charge in [-0.15, -0.1) is 0 Å². The summed E-state index contributed by atoms with van der Waals surface area (Å²) in [4.78, 5) is 41.8. The van der Waals surface area contributed by atoms with Crippen LogP contribution in [0.3, 0.4) is 0 Å². The summed E-state index contributed by atoms with van der Waals surface area (Å²) < 4.78 is 43.2. The molecule has 2 aromatic heterocycles. The van der Waals surface area contributed by atoms with E-state index in [0.717, 1.165) is 22.3 Å². The normalized spacial score (nSPS) is 11.8. The van der Waals surface area contributed by atoms with Gasteiger partial charge in [0.05, 0.1) is 35.2 Å². The monoisotopic (exact) mass is 458 g/mol. The molecule has 1 N–H and O–H groups in total. The molecule has 0 aliphatic heterocycles. The Morgan fingerprint density at radius 1 is 1.15 bits per heavy atom. The summed E-state index contributed by atoms with van der Waals surface area (Å²) in [6.45, 7) is 0.706. The van der Waals surface area contributed by atoms with Crippen LogP contribution in [-0.2, 0) is 19.8 Å². The van der Waals surface area contributed by atoms with E-state index in [0.29, 0.717) is 10.1 Å².